The fourth-order valence-electron chi connectivity index (χ4n) is 3.67. The van der Waals surface area contributed by atoms with Crippen LogP contribution in [0.15, 0.2) is 12.7 Å². The second-order valence-electron chi connectivity index (χ2n) is 6.20. The van der Waals surface area contributed by atoms with Gasteiger partial charge in [0.05, 0.1) is 5.60 Å². The van der Waals surface area contributed by atoms with Crippen molar-refractivity contribution in [3.8, 4) is 0 Å². The lowest BCUT2D eigenvalue weighted by atomic mass is 9.81. The molecule has 0 radical (unpaired) electrons. The van der Waals surface area contributed by atoms with Crippen LogP contribution in [0.2, 0.25) is 18.1 Å². The van der Waals surface area contributed by atoms with Gasteiger partial charge in [0.1, 0.15) is 6.29 Å². The lowest BCUT2D eigenvalue weighted by molar-refractivity contribution is -0.110. The summed E-state index contributed by atoms with van der Waals surface area (Å²) in [6, 6.07) is 3.47. The first kappa shape index (κ1) is 17.6. The summed E-state index contributed by atoms with van der Waals surface area (Å²) in [5.74, 6) is 0.330. The molecule has 0 heterocycles. The van der Waals surface area contributed by atoms with E-state index in [9.17, 15) is 4.79 Å². The van der Waals surface area contributed by atoms with E-state index in [4.69, 9.17) is 4.43 Å². The van der Waals surface area contributed by atoms with E-state index in [0.717, 1.165) is 37.3 Å². The number of hydrogen-bond acceptors (Lipinski definition) is 2. The Labute approximate surface area is 126 Å². The predicted octanol–water partition coefficient (Wildman–Crippen LogP) is 5.10. The zero-order valence-electron chi connectivity index (χ0n) is 13.6. The van der Waals surface area contributed by atoms with E-state index in [1.165, 1.54) is 19.3 Å². The minimum absolute atomic E-state index is 0.244. The molecule has 1 rings (SSSR count). The minimum Gasteiger partial charge on any atom is -0.408 e. The summed E-state index contributed by atoms with van der Waals surface area (Å²) >= 11 is 0. The molecule has 1 aliphatic carbocycles. The van der Waals surface area contributed by atoms with E-state index >= 15 is 0 Å². The molecule has 1 aliphatic rings. The van der Waals surface area contributed by atoms with Crippen LogP contribution >= 0.6 is 0 Å². The van der Waals surface area contributed by atoms with Gasteiger partial charge in [-0.25, -0.2) is 0 Å². The van der Waals surface area contributed by atoms with Crippen LogP contribution in [-0.2, 0) is 9.22 Å². The molecule has 0 spiro atoms. The van der Waals surface area contributed by atoms with Gasteiger partial charge in [-0.2, -0.15) is 0 Å². The number of hydrogen-bond donors (Lipinski definition) is 0. The lowest BCUT2D eigenvalue weighted by Gasteiger charge is -2.44. The fraction of sp³-hybridized carbons (Fsp3) is 0.824. The molecule has 0 aromatic carbocycles. The first-order chi connectivity index (χ1) is 9.62. The monoisotopic (exact) mass is 296 g/mol. The molecule has 2 atom stereocenters. The average molecular weight is 297 g/mol. The molecule has 0 aromatic heterocycles. The zero-order valence-corrected chi connectivity index (χ0v) is 14.6. The van der Waals surface area contributed by atoms with E-state index in [1.807, 2.05) is 6.08 Å². The van der Waals surface area contributed by atoms with Gasteiger partial charge in [-0.15, -0.1) is 6.58 Å². The van der Waals surface area contributed by atoms with E-state index in [-0.39, 0.29) is 5.60 Å². The van der Waals surface area contributed by atoms with Crippen molar-refractivity contribution >= 4 is 14.6 Å². The molecular formula is C17H32O2Si. The van der Waals surface area contributed by atoms with E-state index in [0.29, 0.717) is 12.3 Å². The number of rotatable bonds is 8. The highest BCUT2D eigenvalue weighted by molar-refractivity contribution is 6.73. The normalized spacial score (nSPS) is 27.9. The minimum atomic E-state index is -1.68. The Morgan fingerprint density at radius 2 is 1.85 bits per heavy atom. The third kappa shape index (κ3) is 3.82. The zero-order chi connectivity index (χ0) is 15.1. The van der Waals surface area contributed by atoms with Gasteiger partial charge in [-0.1, -0.05) is 46.1 Å². The number of aldehydes is 1. The van der Waals surface area contributed by atoms with Crippen molar-refractivity contribution in [3.63, 3.8) is 0 Å². The van der Waals surface area contributed by atoms with Gasteiger partial charge >= 0.3 is 0 Å². The SMILES string of the molecule is C=C[C@@]1(O[Si](CC)(CC)CC)CCCCC[C@@H]1CC=O. The van der Waals surface area contributed by atoms with Crippen LogP contribution in [0.4, 0.5) is 0 Å². The van der Waals surface area contributed by atoms with Crippen LogP contribution in [0.3, 0.4) is 0 Å². The molecule has 116 valence electrons. The van der Waals surface area contributed by atoms with Crippen LogP contribution in [0.5, 0.6) is 0 Å². The molecule has 0 bridgehead atoms. The van der Waals surface area contributed by atoms with Crippen molar-refractivity contribution in [1.29, 1.82) is 0 Å². The lowest BCUT2D eigenvalue weighted by Crippen LogP contribution is -2.50. The summed E-state index contributed by atoms with van der Waals surface area (Å²) in [6.45, 7) is 10.9. The van der Waals surface area contributed by atoms with Gasteiger partial charge in [-0.05, 0) is 36.9 Å². The van der Waals surface area contributed by atoms with Gasteiger partial charge in [0, 0.05) is 6.42 Å². The molecule has 2 nitrogen and oxygen atoms in total. The first-order valence-electron chi connectivity index (χ1n) is 8.39. The second-order valence-corrected chi connectivity index (χ2v) is 10.9. The quantitative estimate of drug-likeness (QED) is 0.269. The van der Waals surface area contributed by atoms with E-state index in [2.05, 4.69) is 27.4 Å². The Balaban J connectivity index is 3.06. The van der Waals surface area contributed by atoms with Crippen LogP contribution in [-0.4, -0.2) is 20.2 Å². The van der Waals surface area contributed by atoms with Crippen molar-refractivity contribution in [3.05, 3.63) is 12.7 Å². The van der Waals surface area contributed by atoms with Crippen molar-refractivity contribution in [2.45, 2.75) is 83.0 Å². The molecule has 0 N–H and O–H groups in total. The molecule has 0 aromatic rings. The Kier molecular flexibility index (Phi) is 7.17. The van der Waals surface area contributed by atoms with Gasteiger partial charge in [0.25, 0.3) is 0 Å². The molecule has 1 fully saturated rings. The summed E-state index contributed by atoms with van der Waals surface area (Å²) in [5.41, 5.74) is -0.244. The van der Waals surface area contributed by atoms with Gasteiger partial charge in [0.15, 0.2) is 8.32 Å². The average Bonchev–Trinajstić information content (AvgIpc) is 2.69. The maximum Gasteiger partial charge on any atom is 0.193 e. The van der Waals surface area contributed by atoms with E-state index < -0.39 is 8.32 Å². The highest BCUT2D eigenvalue weighted by Crippen LogP contribution is 2.42. The predicted molar refractivity (Wildman–Crippen MR) is 88.5 cm³/mol. The van der Waals surface area contributed by atoms with Gasteiger partial charge in [-0.3, -0.25) is 0 Å². The molecule has 0 unspecified atom stereocenters. The number of carbonyl (C=O) groups excluding carboxylic acids is 1. The Bertz CT molecular complexity index is 304. The Morgan fingerprint density at radius 3 is 2.35 bits per heavy atom. The molecule has 1 saturated carbocycles. The summed E-state index contributed by atoms with van der Waals surface area (Å²) in [6.07, 6.45) is 9.55. The third-order valence-electron chi connectivity index (χ3n) is 5.38. The van der Waals surface area contributed by atoms with Gasteiger partial charge < -0.3 is 9.22 Å². The highest BCUT2D eigenvalue weighted by Gasteiger charge is 2.44. The largest absolute Gasteiger partial charge is 0.408 e. The topological polar surface area (TPSA) is 26.3 Å². The van der Waals surface area contributed by atoms with Crippen LogP contribution in [0.25, 0.3) is 0 Å². The molecular weight excluding hydrogens is 264 g/mol. The van der Waals surface area contributed by atoms with Gasteiger partial charge in [0.2, 0.25) is 0 Å². The maximum atomic E-state index is 11.1. The maximum absolute atomic E-state index is 11.1. The standard InChI is InChI=1S/C17H32O2Si/c1-5-17(19-20(6-2,7-3)8-4)14-11-9-10-12-16(17)13-15-18/h5,15-16H,1,6-14H2,2-4H3/t16-,17-/m1/s1. The summed E-state index contributed by atoms with van der Waals surface area (Å²) in [4.78, 5) is 11.1. The first-order valence-corrected chi connectivity index (χ1v) is 10.9. The number of carbonyl (C=O) groups is 1. The van der Waals surface area contributed by atoms with Crippen molar-refractivity contribution in [2.75, 3.05) is 0 Å². The summed E-state index contributed by atoms with van der Waals surface area (Å²) < 4.78 is 6.87. The molecule has 3 heteroatoms. The van der Waals surface area contributed by atoms with Crippen LogP contribution in [0, 0.1) is 5.92 Å². The third-order valence-corrected chi connectivity index (χ3v) is 10.1. The van der Waals surface area contributed by atoms with Crippen molar-refractivity contribution in [2.24, 2.45) is 5.92 Å². The van der Waals surface area contributed by atoms with Crippen LogP contribution < -0.4 is 0 Å². The second kappa shape index (κ2) is 8.13. The molecule has 0 amide bonds. The van der Waals surface area contributed by atoms with E-state index in [1.54, 1.807) is 0 Å². The summed E-state index contributed by atoms with van der Waals surface area (Å²) in [5, 5.41) is 0. The highest BCUT2D eigenvalue weighted by atomic mass is 28.4. The molecule has 0 aliphatic heterocycles. The van der Waals surface area contributed by atoms with Crippen molar-refractivity contribution in [1.82, 2.24) is 0 Å². The van der Waals surface area contributed by atoms with Crippen LogP contribution in [0.1, 0.15) is 59.3 Å². The fourth-order valence-corrected chi connectivity index (χ4v) is 6.76. The summed E-state index contributed by atoms with van der Waals surface area (Å²) in [7, 11) is -1.68. The molecule has 20 heavy (non-hydrogen) atoms. The Hall–Kier alpha value is -0.413. The molecule has 0 saturated heterocycles. The smallest absolute Gasteiger partial charge is 0.193 e. The Morgan fingerprint density at radius 1 is 1.20 bits per heavy atom. The van der Waals surface area contributed by atoms with Crippen molar-refractivity contribution < 1.29 is 9.22 Å².